The van der Waals surface area contributed by atoms with E-state index in [0.29, 0.717) is 5.88 Å². The molecule has 1 atom stereocenters. The molecule has 0 aliphatic heterocycles. The van der Waals surface area contributed by atoms with Crippen molar-refractivity contribution in [1.29, 1.82) is 0 Å². The first-order valence-electron chi connectivity index (χ1n) is 6.48. The second kappa shape index (κ2) is 6.92. The van der Waals surface area contributed by atoms with E-state index in [1.165, 1.54) is 5.69 Å². The molecule has 5 heteroatoms. The summed E-state index contributed by atoms with van der Waals surface area (Å²) in [6.45, 7) is 7.34. The Kier molecular flexibility index (Phi) is 6.15. The molecule has 1 aromatic heterocycles. The smallest absolute Gasteiger partial charge is 0.0767 e. The van der Waals surface area contributed by atoms with Crippen molar-refractivity contribution in [3.63, 3.8) is 0 Å². The van der Waals surface area contributed by atoms with Gasteiger partial charge in [0.1, 0.15) is 0 Å². The zero-order chi connectivity index (χ0) is 13.8. The summed E-state index contributed by atoms with van der Waals surface area (Å²) in [5, 5.41) is 8.11. The third-order valence-electron chi connectivity index (χ3n) is 3.61. The van der Waals surface area contributed by atoms with Crippen molar-refractivity contribution >= 4 is 27.5 Å². The van der Waals surface area contributed by atoms with Gasteiger partial charge in [-0.05, 0) is 42.1 Å². The molecule has 0 bridgehead atoms. The molecule has 1 unspecified atom stereocenters. The molecular formula is C13H23BrClN3. The van der Waals surface area contributed by atoms with Crippen LogP contribution in [0.15, 0.2) is 4.47 Å². The number of aromatic nitrogens is 2. The van der Waals surface area contributed by atoms with Gasteiger partial charge < -0.3 is 5.32 Å². The molecule has 1 heterocycles. The average molecular weight is 337 g/mol. The Labute approximate surface area is 123 Å². The van der Waals surface area contributed by atoms with E-state index in [2.05, 4.69) is 47.1 Å². The molecule has 104 valence electrons. The van der Waals surface area contributed by atoms with Gasteiger partial charge in [-0.3, -0.25) is 4.68 Å². The van der Waals surface area contributed by atoms with Crippen LogP contribution in [-0.4, -0.2) is 21.2 Å². The van der Waals surface area contributed by atoms with Crippen LogP contribution in [0, 0.1) is 0 Å². The summed E-state index contributed by atoms with van der Waals surface area (Å²) in [4.78, 5) is 0. The SMILES string of the molecule is CCc1nn(C)c(CNC(C)(CC)CCCl)c1Br. The van der Waals surface area contributed by atoms with E-state index in [-0.39, 0.29) is 5.54 Å². The molecule has 0 fully saturated rings. The van der Waals surface area contributed by atoms with Crippen LogP contribution in [0.3, 0.4) is 0 Å². The third kappa shape index (κ3) is 3.72. The minimum Gasteiger partial charge on any atom is -0.306 e. The Morgan fingerprint density at radius 3 is 2.56 bits per heavy atom. The summed E-state index contributed by atoms with van der Waals surface area (Å²) >= 11 is 9.51. The van der Waals surface area contributed by atoms with Gasteiger partial charge in [0.25, 0.3) is 0 Å². The van der Waals surface area contributed by atoms with Gasteiger partial charge in [0, 0.05) is 25.0 Å². The summed E-state index contributed by atoms with van der Waals surface area (Å²) in [5.41, 5.74) is 2.41. The number of nitrogens with zero attached hydrogens (tertiary/aromatic N) is 2. The lowest BCUT2D eigenvalue weighted by atomic mass is 9.95. The number of aryl methyl sites for hydroxylation is 2. The molecular weight excluding hydrogens is 314 g/mol. The van der Waals surface area contributed by atoms with E-state index in [0.717, 1.165) is 36.0 Å². The number of halogens is 2. The monoisotopic (exact) mass is 335 g/mol. The Morgan fingerprint density at radius 2 is 2.11 bits per heavy atom. The average Bonchev–Trinajstić information content (AvgIpc) is 2.62. The normalized spacial score (nSPS) is 14.8. The quantitative estimate of drug-likeness (QED) is 0.771. The van der Waals surface area contributed by atoms with Crippen LogP contribution in [0.4, 0.5) is 0 Å². The maximum Gasteiger partial charge on any atom is 0.0767 e. The Balaban J connectivity index is 2.76. The highest BCUT2D eigenvalue weighted by Crippen LogP contribution is 2.23. The van der Waals surface area contributed by atoms with Gasteiger partial charge in [-0.25, -0.2) is 0 Å². The highest BCUT2D eigenvalue weighted by atomic mass is 79.9. The van der Waals surface area contributed by atoms with Gasteiger partial charge in [-0.15, -0.1) is 11.6 Å². The molecule has 18 heavy (non-hydrogen) atoms. The van der Waals surface area contributed by atoms with Crippen molar-refractivity contribution in [2.24, 2.45) is 7.05 Å². The molecule has 1 N–H and O–H groups in total. The molecule has 1 aromatic rings. The predicted octanol–water partition coefficient (Wildman–Crippen LogP) is 3.63. The molecule has 0 aliphatic rings. The maximum absolute atomic E-state index is 5.87. The first kappa shape index (κ1) is 16.0. The zero-order valence-electron chi connectivity index (χ0n) is 11.7. The largest absolute Gasteiger partial charge is 0.306 e. The lowest BCUT2D eigenvalue weighted by Crippen LogP contribution is -2.42. The minimum atomic E-state index is 0.0951. The number of hydrogen-bond donors (Lipinski definition) is 1. The van der Waals surface area contributed by atoms with E-state index < -0.39 is 0 Å². The Hall–Kier alpha value is -0.0600. The third-order valence-corrected chi connectivity index (χ3v) is 4.72. The highest BCUT2D eigenvalue weighted by molar-refractivity contribution is 9.10. The second-order valence-electron chi connectivity index (χ2n) is 4.89. The van der Waals surface area contributed by atoms with Crippen LogP contribution < -0.4 is 5.32 Å². The summed E-state index contributed by atoms with van der Waals surface area (Å²) in [7, 11) is 1.99. The van der Waals surface area contributed by atoms with Crippen LogP contribution in [0.5, 0.6) is 0 Å². The van der Waals surface area contributed by atoms with Crippen LogP contribution in [-0.2, 0) is 20.0 Å². The number of alkyl halides is 1. The first-order chi connectivity index (χ1) is 8.47. The van der Waals surface area contributed by atoms with Crippen molar-refractivity contribution in [2.45, 2.75) is 52.1 Å². The van der Waals surface area contributed by atoms with Gasteiger partial charge in [0.2, 0.25) is 0 Å². The van der Waals surface area contributed by atoms with Crippen molar-refractivity contribution in [3.05, 3.63) is 15.9 Å². The summed E-state index contributed by atoms with van der Waals surface area (Å²) in [6.07, 6.45) is 2.98. The summed E-state index contributed by atoms with van der Waals surface area (Å²) in [5.74, 6) is 0.685. The molecule has 0 saturated carbocycles. The van der Waals surface area contributed by atoms with Crippen molar-refractivity contribution in [1.82, 2.24) is 15.1 Å². The molecule has 1 rings (SSSR count). The maximum atomic E-state index is 5.87. The molecule has 0 amide bonds. The number of nitrogens with one attached hydrogen (secondary N) is 1. The molecule has 3 nitrogen and oxygen atoms in total. The van der Waals surface area contributed by atoms with Crippen molar-refractivity contribution < 1.29 is 0 Å². The van der Waals surface area contributed by atoms with Gasteiger partial charge in [-0.2, -0.15) is 5.10 Å². The number of hydrogen-bond acceptors (Lipinski definition) is 2. The predicted molar refractivity (Wildman–Crippen MR) is 81.2 cm³/mol. The molecule has 0 radical (unpaired) electrons. The number of rotatable bonds is 7. The summed E-state index contributed by atoms with van der Waals surface area (Å²) < 4.78 is 3.08. The standard InChI is InChI=1S/C13H23BrClN3/c1-5-10-12(14)11(18(4)17-10)9-16-13(3,6-2)7-8-15/h16H,5-9H2,1-4H3. The fourth-order valence-corrected chi connectivity index (χ4v) is 3.08. The lowest BCUT2D eigenvalue weighted by Gasteiger charge is -2.29. The van der Waals surface area contributed by atoms with Crippen LogP contribution in [0.25, 0.3) is 0 Å². The van der Waals surface area contributed by atoms with Gasteiger partial charge in [-0.1, -0.05) is 13.8 Å². The highest BCUT2D eigenvalue weighted by Gasteiger charge is 2.22. The van der Waals surface area contributed by atoms with Crippen LogP contribution in [0.1, 0.15) is 45.0 Å². The van der Waals surface area contributed by atoms with E-state index in [1.807, 2.05) is 11.7 Å². The molecule has 0 aliphatic carbocycles. The van der Waals surface area contributed by atoms with E-state index in [4.69, 9.17) is 11.6 Å². The van der Waals surface area contributed by atoms with E-state index in [1.54, 1.807) is 0 Å². The fourth-order valence-electron chi connectivity index (χ4n) is 1.91. The summed E-state index contributed by atoms with van der Waals surface area (Å²) in [6, 6.07) is 0. The van der Waals surface area contributed by atoms with Crippen molar-refractivity contribution in [2.75, 3.05) is 5.88 Å². The lowest BCUT2D eigenvalue weighted by molar-refractivity contribution is 0.326. The fraction of sp³-hybridized carbons (Fsp3) is 0.769. The van der Waals surface area contributed by atoms with Gasteiger partial charge >= 0.3 is 0 Å². The molecule has 0 aromatic carbocycles. The topological polar surface area (TPSA) is 29.9 Å². The first-order valence-corrected chi connectivity index (χ1v) is 7.81. The van der Waals surface area contributed by atoms with Crippen LogP contribution in [0.2, 0.25) is 0 Å². The van der Waals surface area contributed by atoms with E-state index in [9.17, 15) is 0 Å². The Bertz CT molecular complexity index is 392. The molecule has 0 spiro atoms. The van der Waals surface area contributed by atoms with E-state index >= 15 is 0 Å². The Morgan fingerprint density at radius 1 is 1.44 bits per heavy atom. The second-order valence-corrected chi connectivity index (χ2v) is 6.06. The van der Waals surface area contributed by atoms with Gasteiger partial charge in [0.15, 0.2) is 0 Å². The van der Waals surface area contributed by atoms with Crippen LogP contribution >= 0.6 is 27.5 Å². The minimum absolute atomic E-state index is 0.0951. The zero-order valence-corrected chi connectivity index (χ0v) is 14.0. The van der Waals surface area contributed by atoms with Crippen molar-refractivity contribution in [3.8, 4) is 0 Å². The molecule has 0 saturated heterocycles. The van der Waals surface area contributed by atoms with Gasteiger partial charge in [0.05, 0.1) is 15.9 Å².